The van der Waals surface area contributed by atoms with Crippen LogP contribution in [0.4, 0.5) is 0 Å². The molecular weight excluding hydrogens is 606 g/mol. The van der Waals surface area contributed by atoms with Crippen molar-refractivity contribution in [3.05, 3.63) is 0 Å². The summed E-state index contributed by atoms with van der Waals surface area (Å²) >= 11 is 3.71. The number of rotatable bonds is 13. The van der Waals surface area contributed by atoms with Crippen LogP contribution in [0.25, 0.3) is 0 Å². The van der Waals surface area contributed by atoms with Crippen LogP contribution >= 0.6 is 45.2 Å². The van der Waals surface area contributed by atoms with Gasteiger partial charge in [-0.2, -0.15) is 0 Å². The van der Waals surface area contributed by atoms with Gasteiger partial charge in [0.15, 0.2) is 12.2 Å². The topological polar surface area (TPSA) is 197 Å². The molecule has 0 aliphatic heterocycles. The van der Waals surface area contributed by atoms with Gasteiger partial charge in [0.25, 0.3) is 11.8 Å². The van der Waals surface area contributed by atoms with Crippen molar-refractivity contribution < 1.29 is 39.6 Å². The molecule has 0 spiro atoms. The first-order valence-electron chi connectivity index (χ1n) is 8.08. The zero-order valence-corrected chi connectivity index (χ0v) is 19.0. The summed E-state index contributed by atoms with van der Waals surface area (Å²) in [5.74, 6) is -2.59. The lowest BCUT2D eigenvalue weighted by Crippen LogP contribution is -2.55. The largest absolute Gasteiger partial charge is 0.387 e. The van der Waals surface area contributed by atoms with E-state index in [2.05, 4.69) is 21.3 Å². The van der Waals surface area contributed by atoms with Crippen molar-refractivity contribution in [1.29, 1.82) is 0 Å². The highest BCUT2D eigenvalue weighted by Gasteiger charge is 2.37. The summed E-state index contributed by atoms with van der Waals surface area (Å²) in [6.45, 7) is 0.121. The molecule has 8 N–H and O–H groups in total. The van der Waals surface area contributed by atoms with Crippen LogP contribution in [-0.2, 0) is 19.2 Å². The van der Waals surface area contributed by atoms with Crippen molar-refractivity contribution in [2.45, 2.75) is 24.4 Å². The van der Waals surface area contributed by atoms with E-state index in [1.807, 2.05) is 45.2 Å². The van der Waals surface area contributed by atoms with E-state index in [-0.39, 0.29) is 46.8 Å². The number of hydrogen-bond donors (Lipinski definition) is 8. The van der Waals surface area contributed by atoms with E-state index in [1.165, 1.54) is 0 Å². The average Bonchev–Trinajstić information content (AvgIpc) is 2.70. The molecule has 12 nitrogen and oxygen atoms in total. The molecule has 0 aromatic carbocycles. The summed E-state index contributed by atoms with van der Waals surface area (Å²) in [4.78, 5) is 45.5. The monoisotopic (exact) mass is 630 g/mol. The number of aliphatic hydroxyl groups is 4. The fraction of sp³-hybridized carbons (Fsp3) is 0.714. The number of carbonyl (C=O) groups is 4. The molecule has 0 unspecified atom stereocenters. The number of amides is 4. The number of nitrogens with one attached hydrogen (secondary N) is 4. The van der Waals surface area contributed by atoms with Gasteiger partial charge >= 0.3 is 0 Å². The Morgan fingerprint density at radius 1 is 0.607 bits per heavy atom. The first-order chi connectivity index (χ1) is 13.1. The first kappa shape index (κ1) is 27.2. The molecule has 0 fully saturated rings. The molecule has 4 amide bonds. The molecule has 0 saturated carbocycles. The van der Waals surface area contributed by atoms with Gasteiger partial charge in [0.1, 0.15) is 12.2 Å². The number of carbonyl (C=O) groups excluding carboxylic acids is 4. The summed E-state index contributed by atoms with van der Waals surface area (Å²) < 4.78 is 0.480. The molecule has 0 saturated heterocycles. The fourth-order valence-corrected chi connectivity index (χ4v) is 2.30. The summed E-state index contributed by atoms with van der Waals surface area (Å²) in [5, 5.41) is 48.5. The standard InChI is InChI=1S/C14H24I2N4O8/c15-5-7(21)17-1-3-19-13(27)11(25)9(23)10(24)12(26)14(28)20-4-2-18-8(22)6-16/h9-12,23-26H,1-6H2,(H,17,21)(H,18,22)(H,19,27)(H,20,28)/t9-,10+,11+,12-. The van der Waals surface area contributed by atoms with Crippen LogP contribution < -0.4 is 21.3 Å². The predicted molar refractivity (Wildman–Crippen MR) is 114 cm³/mol. The molecule has 14 heteroatoms. The average molecular weight is 630 g/mol. The van der Waals surface area contributed by atoms with Crippen LogP contribution in [0.15, 0.2) is 0 Å². The molecule has 0 aromatic rings. The van der Waals surface area contributed by atoms with E-state index < -0.39 is 36.2 Å². The van der Waals surface area contributed by atoms with Gasteiger partial charge in [0, 0.05) is 26.2 Å². The highest BCUT2D eigenvalue weighted by molar-refractivity contribution is 14.1. The lowest BCUT2D eigenvalue weighted by atomic mass is 10.0. The molecular formula is C14H24I2N4O8. The maximum atomic E-state index is 11.7. The zero-order valence-electron chi connectivity index (χ0n) is 14.7. The number of alkyl halides is 2. The Kier molecular flexibility index (Phi) is 14.6. The minimum absolute atomic E-state index is 0.0347. The van der Waals surface area contributed by atoms with E-state index in [4.69, 9.17) is 0 Å². The molecule has 4 atom stereocenters. The first-order valence-corrected chi connectivity index (χ1v) is 11.1. The van der Waals surface area contributed by atoms with Crippen LogP contribution in [0.2, 0.25) is 0 Å². The third-order valence-electron chi connectivity index (χ3n) is 3.27. The highest BCUT2D eigenvalue weighted by atomic mass is 127. The minimum Gasteiger partial charge on any atom is -0.387 e. The van der Waals surface area contributed by atoms with Crippen LogP contribution in [-0.4, -0.2) is 104 Å². The molecule has 0 aliphatic rings. The minimum atomic E-state index is -2.14. The van der Waals surface area contributed by atoms with Gasteiger partial charge in [-0.1, -0.05) is 45.2 Å². The second-order valence-corrected chi connectivity index (χ2v) is 6.95. The summed E-state index contributed by atoms with van der Waals surface area (Å²) in [6.07, 6.45) is -8.49. The van der Waals surface area contributed by atoms with E-state index in [0.717, 1.165) is 0 Å². The molecule has 0 aliphatic carbocycles. The molecule has 0 bridgehead atoms. The normalized spacial score (nSPS) is 14.9. The van der Waals surface area contributed by atoms with Gasteiger partial charge in [-0.05, 0) is 0 Å². The van der Waals surface area contributed by atoms with Crippen molar-refractivity contribution in [1.82, 2.24) is 21.3 Å². The Labute approximate surface area is 188 Å². The smallest absolute Gasteiger partial charge is 0.251 e. The molecule has 28 heavy (non-hydrogen) atoms. The number of aliphatic hydroxyl groups excluding tert-OH is 4. The van der Waals surface area contributed by atoms with Crippen molar-refractivity contribution in [3.8, 4) is 0 Å². The summed E-state index contributed by atoms with van der Waals surface area (Å²) in [5.41, 5.74) is 0. The lowest BCUT2D eigenvalue weighted by molar-refractivity contribution is -0.155. The molecule has 0 aromatic heterocycles. The van der Waals surface area contributed by atoms with Crippen molar-refractivity contribution >= 4 is 68.8 Å². The second kappa shape index (κ2) is 15.1. The maximum Gasteiger partial charge on any atom is 0.251 e. The van der Waals surface area contributed by atoms with Gasteiger partial charge in [0.2, 0.25) is 11.8 Å². The second-order valence-electron chi connectivity index (χ2n) is 5.42. The molecule has 0 radical (unpaired) electrons. The summed E-state index contributed by atoms with van der Waals surface area (Å²) in [6, 6.07) is 0. The summed E-state index contributed by atoms with van der Waals surface area (Å²) in [7, 11) is 0. The molecule has 0 rings (SSSR count). The fourth-order valence-electron chi connectivity index (χ4n) is 1.76. The van der Waals surface area contributed by atoms with Gasteiger partial charge in [0.05, 0.1) is 8.86 Å². The van der Waals surface area contributed by atoms with Gasteiger partial charge in [-0.15, -0.1) is 0 Å². The van der Waals surface area contributed by atoms with Gasteiger partial charge < -0.3 is 41.7 Å². The van der Waals surface area contributed by atoms with E-state index in [1.54, 1.807) is 0 Å². The van der Waals surface area contributed by atoms with Crippen LogP contribution in [0.3, 0.4) is 0 Å². The van der Waals surface area contributed by atoms with Crippen molar-refractivity contribution in [2.24, 2.45) is 0 Å². The number of halogens is 2. The third kappa shape index (κ3) is 10.6. The van der Waals surface area contributed by atoms with Crippen molar-refractivity contribution in [3.63, 3.8) is 0 Å². The Morgan fingerprint density at radius 3 is 1.18 bits per heavy atom. The Balaban J connectivity index is 4.34. The molecule has 0 heterocycles. The Morgan fingerprint density at radius 2 is 0.893 bits per heavy atom. The predicted octanol–water partition coefficient (Wildman–Crippen LogP) is -4.24. The van der Waals surface area contributed by atoms with E-state index >= 15 is 0 Å². The van der Waals surface area contributed by atoms with Gasteiger partial charge in [-0.25, -0.2) is 0 Å². The van der Waals surface area contributed by atoms with E-state index in [0.29, 0.717) is 0 Å². The third-order valence-corrected chi connectivity index (χ3v) is 4.66. The van der Waals surface area contributed by atoms with Crippen molar-refractivity contribution in [2.75, 3.05) is 35.0 Å². The van der Waals surface area contributed by atoms with Gasteiger partial charge in [-0.3, -0.25) is 19.2 Å². The highest BCUT2D eigenvalue weighted by Crippen LogP contribution is 2.06. The van der Waals surface area contributed by atoms with Crippen LogP contribution in [0, 0.1) is 0 Å². The quantitative estimate of drug-likeness (QED) is 0.0569. The molecule has 162 valence electrons. The SMILES string of the molecule is O=C(CI)NCCNC(=O)[C@@H](O)[C@H](O)[C@H](O)[C@@H](O)C(=O)NCCNC(=O)CI. The maximum absolute atomic E-state index is 11.7. The van der Waals surface area contributed by atoms with Crippen LogP contribution in [0.5, 0.6) is 0 Å². The zero-order chi connectivity index (χ0) is 21.7. The number of hydrogen-bond acceptors (Lipinski definition) is 8. The van der Waals surface area contributed by atoms with Crippen LogP contribution in [0.1, 0.15) is 0 Å². The lowest BCUT2D eigenvalue weighted by Gasteiger charge is -2.25. The Hall–Kier alpha value is -0.820. The Bertz CT molecular complexity index is 493. The van der Waals surface area contributed by atoms with E-state index in [9.17, 15) is 39.6 Å².